The zero-order valence-corrected chi connectivity index (χ0v) is 11.0. The van der Waals surface area contributed by atoms with E-state index in [2.05, 4.69) is 26.8 Å². The molecule has 0 spiro atoms. The monoisotopic (exact) mass is 234 g/mol. The third-order valence-corrected chi connectivity index (χ3v) is 3.31. The zero-order valence-electron chi connectivity index (χ0n) is 11.0. The molecule has 0 fully saturated rings. The maximum absolute atomic E-state index is 10.2. The van der Waals surface area contributed by atoms with Crippen LogP contribution in [0.2, 0.25) is 0 Å². The number of aliphatic hydroxyl groups excluding tert-OH is 1. The van der Waals surface area contributed by atoms with E-state index in [-0.39, 0.29) is 5.60 Å². The van der Waals surface area contributed by atoms with E-state index >= 15 is 0 Å². The molecule has 1 heterocycles. The predicted molar refractivity (Wildman–Crippen MR) is 69.3 cm³/mol. The zero-order chi connectivity index (χ0) is 12.5. The molecule has 0 radical (unpaired) electrons. The van der Waals surface area contributed by atoms with E-state index in [4.69, 9.17) is 4.74 Å². The van der Waals surface area contributed by atoms with Gasteiger partial charge in [0.05, 0.1) is 6.10 Å². The van der Waals surface area contributed by atoms with Crippen molar-refractivity contribution < 1.29 is 9.84 Å². The highest BCUT2D eigenvalue weighted by Gasteiger charge is 2.32. The average Bonchev–Trinajstić information content (AvgIpc) is 2.59. The van der Waals surface area contributed by atoms with Crippen LogP contribution in [0.5, 0.6) is 5.75 Å². The van der Waals surface area contributed by atoms with E-state index in [1.807, 2.05) is 12.1 Å². The quantitative estimate of drug-likeness (QED) is 0.862. The summed E-state index contributed by atoms with van der Waals surface area (Å²) in [6.07, 6.45) is 3.51. The van der Waals surface area contributed by atoms with Gasteiger partial charge in [-0.25, -0.2) is 0 Å². The van der Waals surface area contributed by atoms with Gasteiger partial charge < -0.3 is 9.84 Å². The summed E-state index contributed by atoms with van der Waals surface area (Å²) >= 11 is 0. The van der Waals surface area contributed by atoms with Crippen molar-refractivity contribution in [1.29, 1.82) is 0 Å². The Hall–Kier alpha value is -1.02. The summed E-state index contributed by atoms with van der Waals surface area (Å²) in [5.74, 6) is 0.918. The number of rotatable bonds is 4. The molecule has 17 heavy (non-hydrogen) atoms. The SMILES string of the molecule is CCCCC(O)c1cccc2c1OC(C)(C)C2. The number of hydrogen-bond acceptors (Lipinski definition) is 2. The van der Waals surface area contributed by atoms with Crippen molar-refractivity contribution in [2.24, 2.45) is 0 Å². The van der Waals surface area contributed by atoms with Crippen molar-refractivity contribution in [2.75, 3.05) is 0 Å². The Labute approximate surface area is 104 Å². The first kappa shape index (κ1) is 12.4. The molecule has 2 nitrogen and oxygen atoms in total. The van der Waals surface area contributed by atoms with E-state index < -0.39 is 6.10 Å². The predicted octanol–water partition coefficient (Wildman–Crippen LogP) is 3.62. The molecule has 94 valence electrons. The summed E-state index contributed by atoms with van der Waals surface area (Å²) in [7, 11) is 0. The van der Waals surface area contributed by atoms with E-state index in [0.29, 0.717) is 0 Å². The summed E-state index contributed by atoms with van der Waals surface area (Å²) in [5.41, 5.74) is 2.05. The molecule has 0 saturated heterocycles. The highest BCUT2D eigenvalue weighted by molar-refractivity contribution is 5.46. The van der Waals surface area contributed by atoms with E-state index in [1.165, 1.54) is 5.56 Å². The van der Waals surface area contributed by atoms with Crippen LogP contribution in [-0.2, 0) is 6.42 Å². The lowest BCUT2D eigenvalue weighted by Gasteiger charge is -2.19. The second-order valence-corrected chi connectivity index (χ2v) is 5.53. The molecule has 0 aliphatic carbocycles. The Bertz CT molecular complexity index is 396. The molecule has 1 unspecified atom stereocenters. The largest absolute Gasteiger partial charge is 0.487 e. The number of para-hydroxylation sites is 1. The Morgan fingerprint density at radius 2 is 2.18 bits per heavy atom. The lowest BCUT2D eigenvalue weighted by molar-refractivity contribution is 0.123. The van der Waals surface area contributed by atoms with Crippen molar-refractivity contribution in [3.63, 3.8) is 0 Å². The van der Waals surface area contributed by atoms with Crippen LogP contribution in [0.3, 0.4) is 0 Å². The summed E-state index contributed by atoms with van der Waals surface area (Å²) in [5, 5.41) is 10.2. The number of benzene rings is 1. The summed E-state index contributed by atoms with van der Waals surface area (Å²) in [6, 6.07) is 6.11. The van der Waals surface area contributed by atoms with Crippen LogP contribution in [0.4, 0.5) is 0 Å². The third kappa shape index (κ3) is 2.63. The first-order chi connectivity index (χ1) is 8.03. The van der Waals surface area contributed by atoms with Gasteiger partial charge in [-0.1, -0.05) is 38.0 Å². The van der Waals surface area contributed by atoms with Gasteiger partial charge >= 0.3 is 0 Å². The van der Waals surface area contributed by atoms with Crippen LogP contribution < -0.4 is 4.74 Å². The van der Waals surface area contributed by atoms with Crippen LogP contribution >= 0.6 is 0 Å². The van der Waals surface area contributed by atoms with Crippen molar-refractivity contribution in [3.05, 3.63) is 29.3 Å². The molecule has 1 N–H and O–H groups in total. The minimum atomic E-state index is -0.390. The van der Waals surface area contributed by atoms with Crippen molar-refractivity contribution >= 4 is 0 Å². The molecule has 1 aliphatic rings. The fourth-order valence-corrected chi connectivity index (χ4v) is 2.45. The number of fused-ring (bicyclic) bond motifs is 1. The first-order valence-electron chi connectivity index (χ1n) is 6.52. The number of unbranched alkanes of at least 4 members (excludes halogenated alkanes) is 1. The Morgan fingerprint density at radius 1 is 1.41 bits per heavy atom. The minimum absolute atomic E-state index is 0.136. The smallest absolute Gasteiger partial charge is 0.129 e. The fraction of sp³-hybridized carbons (Fsp3) is 0.600. The fourth-order valence-electron chi connectivity index (χ4n) is 2.45. The molecule has 1 aromatic rings. The van der Waals surface area contributed by atoms with Crippen LogP contribution in [-0.4, -0.2) is 10.7 Å². The summed E-state index contributed by atoms with van der Waals surface area (Å²) in [6.45, 7) is 6.33. The molecule has 2 heteroatoms. The number of ether oxygens (including phenoxy) is 1. The van der Waals surface area contributed by atoms with Crippen LogP contribution in [0.15, 0.2) is 18.2 Å². The Balaban J connectivity index is 2.23. The molecule has 1 aromatic carbocycles. The van der Waals surface area contributed by atoms with Crippen LogP contribution in [0, 0.1) is 0 Å². The van der Waals surface area contributed by atoms with Crippen LogP contribution in [0.1, 0.15) is 57.3 Å². The minimum Gasteiger partial charge on any atom is -0.487 e. The van der Waals surface area contributed by atoms with Gasteiger partial charge in [-0.3, -0.25) is 0 Å². The molecular formula is C15H22O2. The molecule has 2 rings (SSSR count). The van der Waals surface area contributed by atoms with Crippen LogP contribution in [0.25, 0.3) is 0 Å². The molecule has 1 aliphatic heterocycles. The molecule has 0 amide bonds. The maximum atomic E-state index is 10.2. The molecule has 0 saturated carbocycles. The van der Waals surface area contributed by atoms with Gasteiger partial charge in [0, 0.05) is 12.0 Å². The molecule has 1 atom stereocenters. The lowest BCUT2D eigenvalue weighted by Crippen LogP contribution is -2.25. The second kappa shape index (κ2) is 4.69. The normalized spacial score (nSPS) is 18.6. The molecular weight excluding hydrogens is 212 g/mol. The number of aliphatic hydroxyl groups is 1. The molecule has 0 bridgehead atoms. The topological polar surface area (TPSA) is 29.5 Å². The van der Waals surface area contributed by atoms with Gasteiger partial charge in [0.25, 0.3) is 0 Å². The summed E-state index contributed by atoms with van der Waals surface area (Å²) in [4.78, 5) is 0. The van der Waals surface area contributed by atoms with Gasteiger partial charge in [0.2, 0.25) is 0 Å². The lowest BCUT2D eigenvalue weighted by atomic mass is 9.97. The van der Waals surface area contributed by atoms with E-state index in [9.17, 15) is 5.11 Å². The second-order valence-electron chi connectivity index (χ2n) is 5.53. The maximum Gasteiger partial charge on any atom is 0.129 e. The first-order valence-corrected chi connectivity index (χ1v) is 6.52. The van der Waals surface area contributed by atoms with Gasteiger partial charge in [0.15, 0.2) is 0 Å². The number of hydrogen-bond donors (Lipinski definition) is 1. The van der Waals surface area contributed by atoms with Gasteiger partial charge in [-0.2, -0.15) is 0 Å². The summed E-state index contributed by atoms with van der Waals surface area (Å²) < 4.78 is 5.97. The third-order valence-electron chi connectivity index (χ3n) is 3.31. The van der Waals surface area contributed by atoms with Gasteiger partial charge in [0.1, 0.15) is 11.4 Å². The molecule has 0 aromatic heterocycles. The Morgan fingerprint density at radius 3 is 2.88 bits per heavy atom. The van der Waals surface area contributed by atoms with Crippen molar-refractivity contribution in [3.8, 4) is 5.75 Å². The standard InChI is InChI=1S/C15H22O2/c1-4-5-9-13(16)12-8-6-7-11-10-15(2,3)17-14(11)12/h6-8,13,16H,4-5,9-10H2,1-3H3. The highest BCUT2D eigenvalue weighted by atomic mass is 16.5. The van der Waals surface area contributed by atoms with E-state index in [1.54, 1.807) is 0 Å². The Kier molecular flexibility index (Phi) is 3.43. The van der Waals surface area contributed by atoms with Gasteiger partial charge in [-0.05, 0) is 25.8 Å². The van der Waals surface area contributed by atoms with E-state index in [0.717, 1.165) is 37.0 Å². The highest BCUT2D eigenvalue weighted by Crippen LogP contribution is 2.40. The van der Waals surface area contributed by atoms with Crippen molar-refractivity contribution in [1.82, 2.24) is 0 Å². The van der Waals surface area contributed by atoms with Gasteiger partial charge in [-0.15, -0.1) is 0 Å². The van der Waals surface area contributed by atoms with Crippen molar-refractivity contribution in [2.45, 2.75) is 58.2 Å². The average molecular weight is 234 g/mol.